The van der Waals surface area contributed by atoms with E-state index in [1.54, 1.807) is 6.20 Å². The van der Waals surface area contributed by atoms with Crippen molar-refractivity contribution in [1.29, 1.82) is 0 Å². The molecule has 0 spiro atoms. The number of pyridine rings is 1. The molecule has 1 heterocycles. The van der Waals surface area contributed by atoms with E-state index in [1.807, 2.05) is 31.2 Å². The number of nitrogens with two attached hydrogens (primary N) is 1. The van der Waals surface area contributed by atoms with Crippen molar-refractivity contribution in [2.24, 2.45) is 5.92 Å². The zero-order valence-electron chi connectivity index (χ0n) is 9.85. The van der Waals surface area contributed by atoms with Gasteiger partial charge in [0.1, 0.15) is 0 Å². The van der Waals surface area contributed by atoms with Gasteiger partial charge in [-0.05, 0) is 30.2 Å². The summed E-state index contributed by atoms with van der Waals surface area (Å²) in [5, 5.41) is 13.3. The lowest BCUT2D eigenvalue weighted by molar-refractivity contribution is 0.244. The molecule has 4 heteroatoms. The molecule has 0 aliphatic carbocycles. The molecule has 0 aliphatic heterocycles. The largest absolute Gasteiger partial charge is 0.397 e. The minimum Gasteiger partial charge on any atom is -0.397 e. The van der Waals surface area contributed by atoms with E-state index >= 15 is 0 Å². The fourth-order valence-corrected chi connectivity index (χ4v) is 1.70. The van der Waals surface area contributed by atoms with E-state index in [2.05, 4.69) is 10.3 Å². The van der Waals surface area contributed by atoms with Crippen molar-refractivity contribution in [2.75, 3.05) is 24.2 Å². The van der Waals surface area contributed by atoms with Gasteiger partial charge in [-0.2, -0.15) is 0 Å². The first-order valence-electron chi connectivity index (χ1n) is 5.70. The van der Waals surface area contributed by atoms with Crippen molar-refractivity contribution < 1.29 is 5.11 Å². The molecule has 1 atom stereocenters. The second-order valence-corrected chi connectivity index (χ2v) is 4.27. The Morgan fingerprint density at radius 3 is 3.00 bits per heavy atom. The number of aromatic nitrogens is 1. The van der Waals surface area contributed by atoms with Crippen LogP contribution in [0.15, 0.2) is 30.5 Å². The molecule has 2 rings (SSSR count). The van der Waals surface area contributed by atoms with Crippen LogP contribution in [0.25, 0.3) is 10.9 Å². The summed E-state index contributed by atoms with van der Waals surface area (Å²) in [7, 11) is 0. The molecular formula is C13H17N3O. The molecule has 4 nitrogen and oxygen atoms in total. The lowest BCUT2D eigenvalue weighted by Crippen LogP contribution is -2.14. The van der Waals surface area contributed by atoms with Gasteiger partial charge in [0.05, 0.1) is 11.2 Å². The number of nitrogen functional groups attached to an aromatic ring is 1. The van der Waals surface area contributed by atoms with Gasteiger partial charge in [0.2, 0.25) is 0 Å². The average molecular weight is 231 g/mol. The Kier molecular flexibility index (Phi) is 3.44. The topological polar surface area (TPSA) is 71.2 Å². The highest BCUT2D eigenvalue weighted by molar-refractivity contribution is 5.98. The number of benzene rings is 1. The fourth-order valence-electron chi connectivity index (χ4n) is 1.70. The van der Waals surface area contributed by atoms with Gasteiger partial charge in [-0.15, -0.1) is 0 Å². The second-order valence-electron chi connectivity index (χ2n) is 4.27. The van der Waals surface area contributed by atoms with Crippen LogP contribution in [0.1, 0.15) is 6.92 Å². The molecule has 0 saturated carbocycles. The van der Waals surface area contributed by atoms with E-state index in [9.17, 15) is 0 Å². The number of hydrogen-bond donors (Lipinski definition) is 3. The van der Waals surface area contributed by atoms with E-state index in [4.69, 9.17) is 10.8 Å². The van der Waals surface area contributed by atoms with Crippen LogP contribution in [-0.4, -0.2) is 23.2 Å². The Labute approximate surface area is 100 Å². The van der Waals surface area contributed by atoms with Gasteiger partial charge >= 0.3 is 0 Å². The Hall–Kier alpha value is -1.81. The molecule has 0 bridgehead atoms. The van der Waals surface area contributed by atoms with Crippen LogP contribution in [0, 0.1) is 5.92 Å². The van der Waals surface area contributed by atoms with Gasteiger partial charge < -0.3 is 16.2 Å². The van der Waals surface area contributed by atoms with Crippen molar-refractivity contribution in [3.8, 4) is 0 Å². The van der Waals surface area contributed by atoms with Crippen LogP contribution < -0.4 is 11.1 Å². The lowest BCUT2D eigenvalue weighted by Gasteiger charge is -2.13. The van der Waals surface area contributed by atoms with Gasteiger partial charge in [-0.1, -0.05) is 6.92 Å². The van der Waals surface area contributed by atoms with Crippen LogP contribution in [0.5, 0.6) is 0 Å². The van der Waals surface area contributed by atoms with Gasteiger partial charge in [0, 0.05) is 30.4 Å². The molecule has 4 N–H and O–H groups in total. The van der Waals surface area contributed by atoms with Crippen LogP contribution in [0.2, 0.25) is 0 Å². The Balaban J connectivity index is 2.32. The number of anilines is 2. The Bertz CT molecular complexity index is 513. The highest BCUT2D eigenvalue weighted by Crippen LogP contribution is 2.26. The van der Waals surface area contributed by atoms with E-state index < -0.39 is 0 Å². The summed E-state index contributed by atoms with van der Waals surface area (Å²) < 4.78 is 0. The number of fused-ring (bicyclic) bond motifs is 1. The van der Waals surface area contributed by atoms with Crippen molar-refractivity contribution in [1.82, 2.24) is 4.98 Å². The van der Waals surface area contributed by atoms with Gasteiger partial charge in [-0.3, -0.25) is 4.98 Å². The first-order chi connectivity index (χ1) is 8.22. The molecule has 1 aromatic carbocycles. The molecule has 2 aromatic rings. The Morgan fingerprint density at radius 2 is 2.24 bits per heavy atom. The summed E-state index contributed by atoms with van der Waals surface area (Å²) in [5.74, 6) is 0.222. The third-order valence-corrected chi connectivity index (χ3v) is 2.75. The SMILES string of the molecule is CC(CO)CNc1ccc(N)c2ncccc12. The second kappa shape index (κ2) is 5.01. The first-order valence-corrected chi connectivity index (χ1v) is 5.70. The van der Waals surface area contributed by atoms with E-state index in [1.165, 1.54) is 0 Å². The predicted octanol–water partition coefficient (Wildman–Crippen LogP) is 1.86. The smallest absolute Gasteiger partial charge is 0.0951 e. The third kappa shape index (κ3) is 2.47. The minimum absolute atomic E-state index is 0.179. The molecule has 90 valence electrons. The van der Waals surface area contributed by atoms with Crippen molar-refractivity contribution in [3.05, 3.63) is 30.5 Å². The molecule has 1 unspecified atom stereocenters. The highest BCUT2D eigenvalue weighted by atomic mass is 16.3. The summed E-state index contributed by atoms with van der Waals surface area (Å²) in [6.45, 7) is 2.90. The van der Waals surface area contributed by atoms with Crippen LogP contribution >= 0.6 is 0 Å². The number of aliphatic hydroxyl groups excluding tert-OH is 1. The summed E-state index contributed by atoms with van der Waals surface area (Å²) in [4.78, 5) is 4.27. The molecule has 0 saturated heterocycles. The molecule has 17 heavy (non-hydrogen) atoms. The Morgan fingerprint density at radius 1 is 1.41 bits per heavy atom. The van der Waals surface area contributed by atoms with Crippen molar-refractivity contribution in [3.63, 3.8) is 0 Å². The first kappa shape index (κ1) is 11.7. The zero-order valence-corrected chi connectivity index (χ0v) is 9.85. The monoisotopic (exact) mass is 231 g/mol. The summed E-state index contributed by atoms with van der Waals surface area (Å²) in [6, 6.07) is 7.68. The summed E-state index contributed by atoms with van der Waals surface area (Å²) in [5.41, 5.74) is 8.38. The minimum atomic E-state index is 0.179. The van der Waals surface area contributed by atoms with Gasteiger partial charge in [-0.25, -0.2) is 0 Å². The van der Waals surface area contributed by atoms with Gasteiger partial charge in [0.25, 0.3) is 0 Å². The number of hydrogen-bond acceptors (Lipinski definition) is 4. The molecule has 0 aliphatic rings. The number of nitrogens with zero attached hydrogens (tertiary/aromatic N) is 1. The van der Waals surface area contributed by atoms with Crippen LogP contribution in [0.3, 0.4) is 0 Å². The van der Waals surface area contributed by atoms with E-state index in [0.29, 0.717) is 5.69 Å². The fraction of sp³-hybridized carbons (Fsp3) is 0.308. The van der Waals surface area contributed by atoms with E-state index in [-0.39, 0.29) is 12.5 Å². The zero-order chi connectivity index (χ0) is 12.3. The normalized spacial score (nSPS) is 12.6. The molecular weight excluding hydrogens is 214 g/mol. The molecule has 0 amide bonds. The highest BCUT2D eigenvalue weighted by Gasteiger charge is 2.05. The number of rotatable bonds is 4. The molecule has 1 aromatic heterocycles. The van der Waals surface area contributed by atoms with E-state index in [0.717, 1.165) is 23.1 Å². The van der Waals surface area contributed by atoms with Crippen LogP contribution in [0.4, 0.5) is 11.4 Å². The summed E-state index contributed by atoms with van der Waals surface area (Å²) >= 11 is 0. The third-order valence-electron chi connectivity index (χ3n) is 2.75. The maximum Gasteiger partial charge on any atom is 0.0951 e. The standard InChI is InChI=1S/C13H17N3O/c1-9(8-17)7-16-12-5-4-11(14)13-10(12)3-2-6-15-13/h2-6,9,16-17H,7-8,14H2,1H3. The van der Waals surface area contributed by atoms with Crippen molar-refractivity contribution in [2.45, 2.75) is 6.92 Å². The average Bonchev–Trinajstić information content (AvgIpc) is 2.38. The molecule has 0 radical (unpaired) electrons. The van der Waals surface area contributed by atoms with Gasteiger partial charge in [0.15, 0.2) is 0 Å². The number of nitrogens with one attached hydrogen (secondary N) is 1. The predicted molar refractivity (Wildman–Crippen MR) is 70.9 cm³/mol. The van der Waals surface area contributed by atoms with Crippen molar-refractivity contribution >= 4 is 22.3 Å². The maximum atomic E-state index is 9.00. The maximum absolute atomic E-state index is 9.00. The molecule has 0 fully saturated rings. The number of aliphatic hydroxyl groups is 1. The summed E-state index contributed by atoms with van der Waals surface area (Å²) in [6.07, 6.45) is 1.73. The van der Waals surface area contributed by atoms with Crippen LogP contribution in [-0.2, 0) is 0 Å². The quantitative estimate of drug-likeness (QED) is 0.702. The lowest BCUT2D eigenvalue weighted by atomic mass is 10.1.